The Bertz CT molecular complexity index is 827. The Morgan fingerprint density at radius 3 is 2.96 bits per heavy atom. The smallest absolute Gasteiger partial charge is 0.196 e. The summed E-state index contributed by atoms with van der Waals surface area (Å²) in [5.74, 6) is 2.53. The van der Waals surface area contributed by atoms with Gasteiger partial charge in [0.05, 0.1) is 23.8 Å². The summed E-state index contributed by atoms with van der Waals surface area (Å²) in [5, 5.41) is 11.8. The van der Waals surface area contributed by atoms with Crippen molar-refractivity contribution in [3.63, 3.8) is 0 Å². The van der Waals surface area contributed by atoms with Crippen molar-refractivity contribution in [1.82, 2.24) is 14.8 Å². The first-order valence-electron chi connectivity index (χ1n) is 8.24. The first-order chi connectivity index (χ1) is 12.4. The second kappa shape index (κ2) is 7.59. The van der Waals surface area contributed by atoms with Crippen molar-refractivity contribution in [3.05, 3.63) is 41.8 Å². The van der Waals surface area contributed by atoms with E-state index in [9.17, 15) is 0 Å². The van der Waals surface area contributed by atoms with Crippen molar-refractivity contribution in [2.75, 3.05) is 19.5 Å². The van der Waals surface area contributed by atoms with Gasteiger partial charge in [-0.05, 0) is 36.4 Å². The molecule has 0 unspecified atom stereocenters. The average molecular weight is 374 g/mol. The molecule has 130 valence electrons. The fourth-order valence-corrected chi connectivity index (χ4v) is 4.61. The maximum absolute atomic E-state index is 5.74. The number of hydrogen-bond acceptors (Lipinski definition) is 6. The van der Waals surface area contributed by atoms with Gasteiger partial charge in [0.1, 0.15) is 5.75 Å². The van der Waals surface area contributed by atoms with Crippen LogP contribution < -0.4 is 4.74 Å². The van der Waals surface area contributed by atoms with Gasteiger partial charge >= 0.3 is 0 Å². The molecule has 5 nitrogen and oxygen atoms in total. The number of ether oxygens (including phenoxy) is 2. The van der Waals surface area contributed by atoms with Gasteiger partial charge in [-0.15, -0.1) is 21.5 Å². The van der Waals surface area contributed by atoms with Gasteiger partial charge in [0.15, 0.2) is 11.0 Å². The van der Waals surface area contributed by atoms with Gasteiger partial charge in [0.25, 0.3) is 0 Å². The van der Waals surface area contributed by atoms with Crippen LogP contribution in [0.1, 0.15) is 12.8 Å². The third-order valence-electron chi connectivity index (χ3n) is 4.12. The van der Waals surface area contributed by atoms with Crippen molar-refractivity contribution < 1.29 is 9.47 Å². The number of rotatable bonds is 6. The second-order valence-electron chi connectivity index (χ2n) is 5.74. The number of nitrogens with zero attached hydrogens (tertiary/aromatic N) is 3. The predicted octanol–water partition coefficient (Wildman–Crippen LogP) is 4.28. The normalized spacial score (nSPS) is 17.1. The van der Waals surface area contributed by atoms with Gasteiger partial charge < -0.3 is 9.47 Å². The zero-order valence-electron chi connectivity index (χ0n) is 13.9. The summed E-state index contributed by atoms with van der Waals surface area (Å²) >= 11 is 3.35. The van der Waals surface area contributed by atoms with E-state index in [1.165, 1.54) is 0 Å². The molecule has 0 N–H and O–H groups in total. The summed E-state index contributed by atoms with van der Waals surface area (Å²) in [6.45, 7) is 0.866. The lowest BCUT2D eigenvalue weighted by Crippen LogP contribution is -2.09. The molecule has 4 rings (SSSR count). The van der Waals surface area contributed by atoms with Crippen LogP contribution >= 0.6 is 23.1 Å². The van der Waals surface area contributed by atoms with E-state index in [4.69, 9.17) is 9.47 Å². The minimum absolute atomic E-state index is 0.304. The summed E-state index contributed by atoms with van der Waals surface area (Å²) < 4.78 is 13.4. The molecule has 1 aliphatic rings. The molecule has 2 aromatic heterocycles. The molecular weight excluding hydrogens is 354 g/mol. The van der Waals surface area contributed by atoms with Crippen molar-refractivity contribution >= 4 is 23.1 Å². The maximum atomic E-state index is 5.74. The molecule has 1 atom stereocenters. The predicted molar refractivity (Wildman–Crippen MR) is 101 cm³/mol. The van der Waals surface area contributed by atoms with Crippen LogP contribution in [0.2, 0.25) is 0 Å². The Labute approximate surface area is 155 Å². The third kappa shape index (κ3) is 3.44. The number of methoxy groups -OCH3 is 1. The highest BCUT2D eigenvalue weighted by Crippen LogP contribution is 2.34. The summed E-state index contributed by atoms with van der Waals surface area (Å²) in [7, 11) is 1.69. The minimum atomic E-state index is 0.304. The highest BCUT2D eigenvalue weighted by molar-refractivity contribution is 7.99. The fraction of sp³-hybridized carbons (Fsp3) is 0.333. The zero-order valence-corrected chi connectivity index (χ0v) is 15.6. The highest BCUT2D eigenvalue weighted by atomic mass is 32.2. The fourth-order valence-electron chi connectivity index (χ4n) is 2.90. The third-order valence-corrected chi connectivity index (χ3v) is 6.05. The molecule has 7 heteroatoms. The Morgan fingerprint density at radius 2 is 2.20 bits per heavy atom. The van der Waals surface area contributed by atoms with Crippen LogP contribution in [0.4, 0.5) is 0 Å². The van der Waals surface area contributed by atoms with Gasteiger partial charge in [0.2, 0.25) is 0 Å². The van der Waals surface area contributed by atoms with E-state index in [2.05, 4.69) is 26.2 Å². The van der Waals surface area contributed by atoms with Crippen LogP contribution in [-0.4, -0.2) is 40.3 Å². The minimum Gasteiger partial charge on any atom is -0.495 e. The SMILES string of the molecule is COc1ccccc1-n1c(SC[C@H]2CCCO2)nnc1-c1cccs1. The number of thiophene rings is 1. The molecule has 1 aromatic carbocycles. The Balaban J connectivity index is 1.74. The maximum Gasteiger partial charge on any atom is 0.196 e. The molecule has 3 aromatic rings. The Kier molecular flexibility index (Phi) is 5.05. The molecule has 0 bridgehead atoms. The molecule has 1 saturated heterocycles. The zero-order chi connectivity index (χ0) is 17.1. The van der Waals surface area contributed by atoms with E-state index in [1.54, 1.807) is 30.2 Å². The van der Waals surface area contributed by atoms with E-state index >= 15 is 0 Å². The quantitative estimate of drug-likeness (QED) is 0.604. The molecule has 0 radical (unpaired) electrons. The molecule has 0 amide bonds. The van der Waals surface area contributed by atoms with Gasteiger partial charge in [-0.2, -0.15) is 0 Å². The van der Waals surface area contributed by atoms with Crippen LogP contribution in [0.15, 0.2) is 46.9 Å². The summed E-state index contributed by atoms with van der Waals surface area (Å²) in [6, 6.07) is 12.1. The lowest BCUT2D eigenvalue weighted by atomic mass is 10.3. The number of thioether (sulfide) groups is 1. The lowest BCUT2D eigenvalue weighted by Gasteiger charge is -2.14. The molecular formula is C18H19N3O2S2. The van der Waals surface area contributed by atoms with Crippen LogP contribution in [0, 0.1) is 0 Å². The van der Waals surface area contributed by atoms with Gasteiger partial charge in [0, 0.05) is 12.4 Å². The van der Waals surface area contributed by atoms with Gasteiger partial charge in [-0.1, -0.05) is 30.0 Å². The van der Waals surface area contributed by atoms with Crippen molar-refractivity contribution in [2.45, 2.75) is 24.1 Å². The molecule has 3 heterocycles. The van der Waals surface area contributed by atoms with Crippen LogP contribution in [0.25, 0.3) is 16.4 Å². The first kappa shape index (κ1) is 16.6. The summed E-state index contributed by atoms with van der Waals surface area (Å²) in [5.41, 5.74) is 0.952. The van der Waals surface area contributed by atoms with Crippen LogP contribution in [-0.2, 0) is 4.74 Å². The number of benzene rings is 1. The Morgan fingerprint density at radius 1 is 1.28 bits per heavy atom. The number of para-hydroxylation sites is 2. The highest BCUT2D eigenvalue weighted by Gasteiger charge is 2.22. The number of aromatic nitrogens is 3. The van der Waals surface area contributed by atoms with Crippen molar-refractivity contribution in [2.24, 2.45) is 0 Å². The van der Waals surface area contributed by atoms with E-state index in [0.717, 1.165) is 52.5 Å². The average Bonchev–Trinajstić information content (AvgIpc) is 3.40. The Hall–Kier alpha value is -1.83. The second-order valence-corrected chi connectivity index (χ2v) is 7.67. The van der Waals surface area contributed by atoms with Crippen molar-refractivity contribution in [1.29, 1.82) is 0 Å². The van der Waals surface area contributed by atoms with E-state index < -0.39 is 0 Å². The molecule has 1 aliphatic heterocycles. The molecule has 25 heavy (non-hydrogen) atoms. The monoisotopic (exact) mass is 373 g/mol. The van der Waals surface area contributed by atoms with E-state index in [1.807, 2.05) is 30.3 Å². The van der Waals surface area contributed by atoms with Crippen LogP contribution in [0.3, 0.4) is 0 Å². The van der Waals surface area contributed by atoms with Crippen LogP contribution in [0.5, 0.6) is 5.75 Å². The summed E-state index contributed by atoms with van der Waals surface area (Å²) in [4.78, 5) is 1.09. The standard InChI is InChI=1S/C18H19N3O2S2/c1-22-15-8-3-2-7-14(15)21-17(16-9-5-11-24-16)19-20-18(21)25-12-13-6-4-10-23-13/h2-3,5,7-9,11,13H,4,6,10,12H2,1H3/t13-/m1/s1. The molecule has 0 saturated carbocycles. The van der Waals surface area contributed by atoms with Gasteiger partial charge in [-0.3, -0.25) is 4.57 Å². The van der Waals surface area contributed by atoms with E-state index in [0.29, 0.717) is 6.10 Å². The topological polar surface area (TPSA) is 49.2 Å². The van der Waals surface area contributed by atoms with Gasteiger partial charge in [-0.25, -0.2) is 0 Å². The first-order valence-corrected chi connectivity index (χ1v) is 10.1. The van der Waals surface area contributed by atoms with E-state index in [-0.39, 0.29) is 0 Å². The van der Waals surface area contributed by atoms with Crippen molar-refractivity contribution in [3.8, 4) is 22.1 Å². The molecule has 0 aliphatic carbocycles. The molecule has 0 spiro atoms. The largest absolute Gasteiger partial charge is 0.495 e. The number of hydrogen-bond donors (Lipinski definition) is 0. The summed E-state index contributed by atoms with van der Waals surface area (Å²) in [6.07, 6.45) is 2.57. The lowest BCUT2D eigenvalue weighted by molar-refractivity contribution is 0.129. The molecule has 1 fully saturated rings.